The predicted octanol–water partition coefficient (Wildman–Crippen LogP) is 2.20. The van der Waals surface area contributed by atoms with Crippen molar-refractivity contribution >= 4 is 46.9 Å². The number of carbonyl (C=O) groups excluding carboxylic acids is 4. The Kier molecular flexibility index (Phi) is 37.1. The Balaban J connectivity index is -0.000000648. The van der Waals surface area contributed by atoms with E-state index in [1.54, 1.807) is 11.9 Å². The maximum Gasteiger partial charge on any atom is 2.00 e. The molecule has 0 saturated heterocycles. The first-order valence-electron chi connectivity index (χ1n) is 14.0. The Morgan fingerprint density at radius 1 is 0.641 bits per heavy atom. The van der Waals surface area contributed by atoms with Crippen LogP contribution in [0.15, 0.2) is 12.2 Å². The molecule has 0 saturated carbocycles. The van der Waals surface area contributed by atoms with Crippen LogP contribution in [0.5, 0.6) is 0 Å². The second-order valence-corrected chi connectivity index (χ2v) is 9.18. The molecule has 0 aromatic carbocycles. The predicted molar refractivity (Wildman–Crippen MR) is 147 cm³/mol. The number of unbranched alkanes of at least 4 members (excludes halogenated alkanes) is 12. The van der Waals surface area contributed by atoms with Crippen LogP contribution in [0.2, 0.25) is 0 Å². The molecule has 2 unspecified atom stereocenters. The fourth-order valence-corrected chi connectivity index (χ4v) is 3.69. The standard InChI is InChI=1S/2C14H25NO4.Mg/c2*1-2-3-4-5-6-7-8-11-15-13(10-9-12-16)14(17)19-18;/h2*9,13,15,18H,2-8,10-11H2,1H3;/q;;+2/p-2. The second-order valence-electron chi connectivity index (χ2n) is 9.18. The van der Waals surface area contributed by atoms with Crippen molar-refractivity contribution in [2.75, 3.05) is 13.1 Å². The van der Waals surface area contributed by atoms with Crippen LogP contribution < -0.4 is 21.1 Å². The summed E-state index contributed by atoms with van der Waals surface area (Å²) in [5.74, 6) is 1.40. The van der Waals surface area contributed by atoms with Crippen molar-refractivity contribution in [1.29, 1.82) is 0 Å². The van der Waals surface area contributed by atoms with Gasteiger partial charge in [-0.3, -0.25) is 9.59 Å². The van der Waals surface area contributed by atoms with Crippen LogP contribution in [0.3, 0.4) is 0 Å². The molecule has 0 heterocycles. The van der Waals surface area contributed by atoms with E-state index in [-0.39, 0.29) is 35.9 Å². The van der Waals surface area contributed by atoms with Crippen molar-refractivity contribution < 1.29 is 39.5 Å². The molecule has 2 atom stereocenters. The normalized spacial score (nSPS) is 11.4. The first kappa shape index (κ1) is 41.9. The van der Waals surface area contributed by atoms with E-state index in [0.717, 1.165) is 25.7 Å². The van der Waals surface area contributed by atoms with Crippen LogP contribution >= 0.6 is 0 Å². The van der Waals surface area contributed by atoms with E-state index >= 15 is 0 Å². The first-order valence-corrected chi connectivity index (χ1v) is 14.0. The van der Waals surface area contributed by atoms with Gasteiger partial charge in [0.25, 0.3) is 0 Å². The summed E-state index contributed by atoms with van der Waals surface area (Å²) in [5, 5.41) is 26.0. The van der Waals surface area contributed by atoms with Gasteiger partial charge in [-0.05, 0) is 25.9 Å². The first-order chi connectivity index (χ1) is 18.5. The zero-order valence-electron chi connectivity index (χ0n) is 24.0. The average molecular weight is 565 g/mol. The van der Waals surface area contributed by atoms with E-state index in [2.05, 4.69) is 34.3 Å². The molecule has 39 heavy (non-hydrogen) atoms. The SMILES string of the molecule is CCCCCCCCCNC(CC=C=O)C(=O)O[O-].CCCCCCCCCNC(CC=C=O)C(=O)O[O-].[Mg+2]. The molecule has 10 nitrogen and oxygen atoms in total. The van der Waals surface area contributed by atoms with Crippen LogP contribution in [0.1, 0.15) is 117 Å². The molecule has 0 bridgehead atoms. The molecule has 0 radical (unpaired) electrons. The Bertz CT molecular complexity index is 612. The van der Waals surface area contributed by atoms with Crippen molar-refractivity contribution in [3.05, 3.63) is 12.2 Å². The minimum atomic E-state index is -0.880. The summed E-state index contributed by atoms with van der Waals surface area (Å²) in [6, 6.07) is -1.47. The summed E-state index contributed by atoms with van der Waals surface area (Å²) >= 11 is 0. The zero-order chi connectivity index (χ0) is 28.7. The summed E-state index contributed by atoms with van der Waals surface area (Å²) in [6.45, 7) is 5.65. The van der Waals surface area contributed by atoms with E-state index in [1.807, 2.05) is 0 Å². The monoisotopic (exact) mass is 564 g/mol. The molecule has 0 aromatic rings. The van der Waals surface area contributed by atoms with Crippen LogP contribution in [0, 0.1) is 0 Å². The minimum Gasteiger partial charge on any atom is -0.662 e. The zero-order valence-corrected chi connectivity index (χ0v) is 25.4. The number of carbonyl (C=O) groups is 2. The number of hydrogen-bond acceptors (Lipinski definition) is 10. The molecular formula is C28H48MgN2O8. The summed E-state index contributed by atoms with van der Waals surface area (Å²) in [4.78, 5) is 49.2. The molecule has 0 aliphatic rings. The third-order valence-corrected chi connectivity index (χ3v) is 5.95. The summed E-state index contributed by atoms with van der Waals surface area (Å²) < 4.78 is 0. The summed E-state index contributed by atoms with van der Waals surface area (Å²) in [6.07, 6.45) is 19.2. The van der Waals surface area contributed by atoms with E-state index in [0.29, 0.717) is 13.1 Å². The molecule has 11 heteroatoms. The van der Waals surface area contributed by atoms with Gasteiger partial charge in [-0.1, -0.05) is 90.9 Å². The van der Waals surface area contributed by atoms with Gasteiger partial charge in [-0.15, -0.1) is 0 Å². The minimum absolute atomic E-state index is 0. The van der Waals surface area contributed by atoms with Gasteiger partial charge >= 0.3 is 35.0 Å². The molecule has 0 rings (SSSR count). The Hall–Kier alpha value is -1.55. The van der Waals surface area contributed by atoms with E-state index < -0.39 is 24.0 Å². The van der Waals surface area contributed by atoms with Crippen LogP contribution in [-0.4, -0.2) is 72.0 Å². The van der Waals surface area contributed by atoms with Crippen molar-refractivity contribution in [3.8, 4) is 0 Å². The van der Waals surface area contributed by atoms with Crippen LogP contribution in [0.4, 0.5) is 0 Å². The van der Waals surface area contributed by atoms with Gasteiger partial charge in [0.2, 0.25) is 0 Å². The van der Waals surface area contributed by atoms with E-state index in [9.17, 15) is 29.7 Å². The van der Waals surface area contributed by atoms with Gasteiger partial charge in [0, 0.05) is 25.0 Å². The molecule has 220 valence electrons. The van der Waals surface area contributed by atoms with Gasteiger partial charge < -0.3 is 30.9 Å². The van der Waals surface area contributed by atoms with Gasteiger partial charge in [-0.25, -0.2) is 9.59 Å². The maximum atomic E-state index is 11.1. The smallest absolute Gasteiger partial charge is 0.662 e. The van der Waals surface area contributed by atoms with Crippen LogP contribution in [0.25, 0.3) is 0 Å². The molecular weight excluding hydrogens is 517 g/mol. The molecule has 0 aliphatic carbocycles. The molecule has 2 N–H and O–H groups in total. The maximum absolute atomic E-state index is 11.1. The quantitative estimate of drug-likeness (QED) is 0.0585. The van der Waals surface area contributed by atoms with Crippen molar-refractivity contribution in [2.45, 2.75) is 129 Å². The third-order valence-electron chi connectivity index (χ3n) is 5.95. The second kappa shape index (κ2) is 34.5. The Morgan fingerprint density at radius 3 is 1.23 bits per heavy atom. The van der Waals surface area contributed by atoms with Gasteiger partial charge in [0.05, 0.1) is 0 Å². The summed E-state index contributed by atoms with van der Waals surface area (Å²) in [7, 11) is 0. The van der Waals surface area contributed by atoms with Gasteiger partial charge in [0.1, 0.15) is 24.0 Å². The largest absolute Gasteiger partial charge is 2.00 e. The Labute approximate surface area is 250 Å². The van der Waals surface area contributed by atoms with Crippen LogP contribution in [-0.2, 0) is 29.0 Å². The van der Waals surface area contributed by atoms with Gasteiger partial charge in [0.15, 0.2) is 0 Å². The topological polar surface area (TPSA) is 157 Å². The molecule has 0 fully saturated rings. The van der Waals surface area contributed by atoms with E-state index in [1.165, 1.54) is 76.4 Å². The number of rotatable bonds is 24. The fourth-order valence-electron chi connectivity index (χ4n) is 3.69. The molecule has 0 amide bonds. The number of nitrogens with one attached hydrogen (secondary N) is 2. The van der Waals surface area contributed by atoms with Crippen molar-refractivity contribution in [1.82, 2.24) is 10.6 Å². The molecule has 0 spiro atoms. The third kappa shape index (κ3) is 29.3. The fraction of sp³-hybridized carbons (Fsp3) is 0.786. The summed E-state index contributed by atoms with van der Waals surface area (Å²) in [5.41, 5.74) is 0. The van der Waals surface area contributed by atoms with Crippen molar-refractivity contribution in [3.63, 3.8) is 0 Å². The van der Waals surface area contributed by atoms with Crippen molar-refractivity contribution in [2.24, 2.45) is 0 Å². The Morgan fingerprint density at radius 2 is 0.949 bits per heavy atom. The molecule has 0 aromatic heterocycles. The van der Waals surface area contributed by atoms with Gasteiger partial charge in [-0.2, -0.15) is 0 Å². The average Bonchev–Trinajstić information content (AvgIpc) is 2.94. The molecule has 0 aliphatic heterocycles. The van der Waals surface area contributed by atoms with E-state index in [4.69, 9.17) is 0 Å². The number of hydrogen-bond donors (Lipinski definition) is 2.